The molecular formula is C20H32N4O2. The summed E-state index contributed by atoms with van der Waals surface area (Å²) in [6.07, 6.45) is 3.66. The number of aromatic nitrogens is 2. The Bertz CT molecular complexity index is 671. The Kier molecular flexibility index (Phi) is 5.39. The maximum Gasteiger partial charge on any atom is 0.272 e. The number of amides is 2. The summed E-state index contributed by atoms with van der Waals surface area (Å²) in [6.45, 7) is 12.1. The SMILES string of the molecule is CCN1CCCn2nc(C3CCN(C(=O)C(C)(C)CC)CC3)cc2C1=O. The van der Waals surface area contributed by atoms with Crippen LogP contribution in [0.15, 0.2) is 6.07 Å². The summed E-state index contributed by atoms with van der Waals surface area (Å²) >= 11 is 0. The predicted molar refractivity (Wildman–Crippen MR) is 101 cm³/mol. The average Bonchev–Trinajstić information content (AvgIpc) is 3.02. The Morgan fingerprint density at radius 1 is 1.19 bits per heavy atom. The molecule has 0 saturated carbocycles. The van der Waals surface area contributed by atoms with Crippen molar-refractivity contribution in [1.82, 2.24) is 19.6 Å². The van der Waals surface area contributed by atoms with Crippen molar-refractivity contribution < 1.29 is 9.59 Å². The van der Waals surface area contributed by atoms with Gasteiger partial charge in [0.2, 0.25) is 5.91 Å². The Labute approximate surface area is 156 Å². The Morgan fingerprint density at radius 3 is 2.50 bits per heavy atom. The van der Waals surface area contributed by atoms with Crippen LogP contribution in [0.3, 0.4) is 0 Å². The van der Waals surface area contributed by atoms with E-state index in [2.05, 4.69) is 6.92 Å². The molecule has 2 amide bonds. The van der Waals surface area contributed by atoms with Gasteiger partial charge in [-0.15, -0.1) is 0 Å². The van der Waals surface area contributed by atoms with Gasteiger partial charge in [-0.2, -0.15) is 5.10 Å². The first-order valence-electron chi connectivity index (χ1n) is 10.0. The zero-order valence-corrected chi connectivity index (χ0v) is 16.6. The van der Waals surface area contributed by atoms with Gasteiger partial charge in [-0.1, -0.05) is 20.8 Å². The van der Waals surface area contributed by atoms with Gasteiger partial charge in [-0.25, -0.2) is 0 Å². The van der Waals surface area contributed by atoms with Crippen molar-refractivity contribution in [3.05, 3.63) is 17.5 Å². The Morgan fingerprint density at radius 2 is 1.88 bits per heavy atom. The summed E-state index contributed by atoms with van der Waals surface area (Å²) in [5.74, 6) is 0.694. The van der Waals surface area contributed by atoms with Gasteiger partial charge in [0, 0.05) is 44.1 Å². The monoisotopic (exact) mass is 360 g/mol. The molecule has 6 nitrogen and oxygen atoms in total. The molecule has 0 atom stereocenters. The van der Waals surface area contributed by atoms with Crippen LogP contribution in [0.4, 0.5) is 0 Å². The maximum atomic E-state index is 12.7. The molecule has 144 valence electrons. The van der Waals surface area contributed by atoms with E-state index in [0.717, 1.165) is 69.8 Å². The van der Waals surface area contributed by atoms with Crippen molar-refractivity contribution in [3.8, 4) is 0 Å². The van der Waals surface area contributed by atoms with Gasteiger partial charge in [-0.3, -0.25) is 14.3 Å². The highest BCUT2D eigenvalue weighted by atomic mass is 16.2. The fourth-order valence-electron chi connectivity index (χ4n) is 3.91. The molecule has 1 aromatic heterocycles. The lowest BCUT2D eigenvalue weighted by Crippen LogP contribution is -2.44. The first-order chi connectivity index (χ1) is 12.4. The number of piperidine rings is 1. The average molecular weight is 361 g/mol. The molecule has 3 rings (SSSR count). The van der Waals surface area contributed by atoms with Gasteiger partial charge in [0.25, 0.3) is 5.91 Å². The summed E-state index contributed by atoms with van der Waals surface area (Å²) in [5, 5.41) is 4.75. The van der Waals surface area contributed by atoms with E-state index in [1.165, 1.54) is 0 Å². The third-order valence-electron chi connectivity index (χ3n) is 6.15. The summed E-state index contributed by atoms with van der Waals surface area (Å²) in [7, 11) is 0. The lowest BCUT2D eigenvalue weighted by Gasteiger charge is -2.36. The lowest BCUT2D eigenvalue weighted by molar-refractivity contribution is -0.141. The number of likely N-dealkylation sites (tertiary alicyclic amines) is 1. The number of aryl methyl sites for hydroxylation is 1. The Balaban J connectivity index is 1.69. The number of nitrogens with zero attached hydrogens (tertiary/aromatic N) is 4. The van der Waals surface area contributed by atoms with Gasteiger partial charge in [0.1, 0.15) is 5.69 Å². The number of hydrogen-bond donors (Lipinski definition) is 0. The zero-order valence-electron chi connectivity index (χ0n) is 16.6. The predicted octanol–water partition coefficient (Wildman–Crippen LogP) is 2.89. The fourth-order valence-corrected chi connectivity index (χ4v) is 3.91. The molecule has 1 aromatic rings. The van der Waals surface area contributed by atoms with Gasteiger partial charge < -0.3 is 9.80 Å². The minimum atomic E-state index is -0.283. The minimum Gasteiger partial charge on any atom is -0.342 e. The number of fused-ring (bicyclic) bond motifs is 1. The molecule has 1 saturated heterocycles. The minimum absolute atomic E-state index is 0.0982. The van der Waals surface area contributed by atoms with E-state index in [4.69, 9.17) is 5.10 Å². The Hall–Kier alpha value is -1.85. The summed E-state index contributed by atoms with van der Waals surface area (Å²) in [4.78, 5) is 29.2. The van der Waals surface area contributed by atoms with Gasteiger partial charge in [0.05, 0.1) is 5.69 Å². The molecular weight excluding hydrogens is 328 g/mol. The van der Waals surface area contributed by atoms with E-state index in [1.807, 2.05) is 41.3 Å². The van der Waals surface area contributed by atoms with Crippen LogP contribution in [-0.2, 0) is 11.3 Å². The molecule has 0 N–H and O–H groups in total. The largest absolute Gasteiger partial charge is 0.342 e. The summed E-state index contributed by atoms with van der Waals surface area (Å²) in [5.41, 5.74) is 1.47. The molecule has 3 heterocycles. The first-order valence-corrected chi connectivity index (χ1v) is 10.0. The number of carbonyl (C=O) groups is 2. The standard InChI is InChI=1S/C20H32N4O2/c1-5-20(3,4)19(26)23-12-8-15(9-13-23)16-14-17-18(25)22(6-2)10-7-11-24(17)21-16/h14-15H,5-13H2,1-4H3. The van der Waals surface area contributed by atoms with Gasteiger partial charge in [-0.05, 0) is 38.7 Å². The molecule has 6 heteroatoms. The topological polar surface area (TPSA) is 58.4 Å². The second-order valence-electron chi connectivity index (χ2n) is 8.22. The van der Waals surface area contributed by atoms with Crippen molar-refractivity contribution >= 4 is 11.8 Å². The summed E-state index contributed by atoms with van der Waals surface area (Å²) < 4.78 is 1.89. The first kappa shape index (κ1) is 18.9. The highest BCUT2D eigenvalue weighted by Crippen LogP contribution is 2.31. The van der Waals surface area contributed by atoms with Crippen LogP contribution in [0, 0.1) is 5.41 Å². The van der Waals surface area contributed by atoms with Crippen LogP contribution in [0.2, 0.25) is 0 Å². The highest BCUT2D eigenvalue weighted by Gasteiger charge is 2.34. The van der Waals surface area contributed by atoms with Crippen LogP contribution in [-0.4, -0.2) is 57.6 Å². The van der Waals surface area contributed by atoms with Crippen molar-refractivity contribution in [2.75, 3.05) is 26.2 Å². The van der Waals surface area contributed by atoms with Crippen molar-refractivity contribution in [2.45, 2.75) is 65.8 Å². The molecule has 2 aliphatic rings. The van der Waals surface area contributed by atoms with E-state index < -0.39 is 0 Å². The quantitative estimate of drug-likeness (QED) is 0.829. The molecule has 0 unspecified atom stereocenters. The number of carbonyl (C=O) groups excluding carboxylic acids is 2. The molecule has 1 fully saturated rings. The van der Waals surface area contributed by atoms with E-state index in [0.29, 0.717) is 5.92 Å². The summed E-state index contributed by atoms with van der Waals surface area (Å²) in [6, 6.07) is 1.99. The normalized spacial score (nSPS) is 19.5. The smallest absolute Gasteiger partial charge is 0.272 e. The third kappa shape index (κ3) is 3.51. The molecule has 26 heavy (non-hydrogen) atoms. The zero-order chi connectivity index (χ0) is 18.9. The second kappa shape index (κ2) is 7.41. The molecule has 2 aliphatic heterocycles. The number of rotatable bonds is 4. The van der Waals surface area contributed by atoms with Gasteiger partial charge >= 0.3 is 0 Å². The van der Waals surface area contributed by atoms with Crippen molar-refractivity contribution in [3.63, 3.8) is 0 Å². The van der Waals surface area contributed by atoms with E-state index >= 15 is 0 Å². The van der Waals surface area contributed by atoms with E-state index in [1.54, 1.807) is 0 Å². The maximum absolute atomic E-state index is 12.7. The molecule has 0 bridgehead atoms. The third-order valence-corrected chi connectivity index (χ3v) is 6.15. The van der Waals surface area contributed by atoms with Crippen molar-refractivity contribution in [1.29, 1.82) is 0 Å². The highest BCUT2D eigenvalue weighted by molar-refractivity contribution is 5.93. The number of hydrogen-bond acceptors (Lipinski definition) is 3. The molecule has 0 radical (unpaired) electrons. The van der Waals surface area contributed by atoms with Crippen molar-refractivity contribution in [2.24, 2.45) is 5.41 Å². The van der Waals surface area contributed by atoms with E-state index in [-0.39, 0.29) is 17.2 Å². The molecule has 0 spiro atoms. The molecule has 0 aliphatic carbocycles. The van der Waals surface area contributed by atoms with Crippen LogP contribution in [0.5, 0.6) is 0 Å². The van der Waals surface area contributed by atoms with Crippen LogP contribution in [0.1, 0.15) is 75.5 Å². The van der Waals surface area contributed by atoms with Crippen LogP contribution < -0.4 is 0 Å². The lowest BCUT2D eigenvalue weighted by atomic mass is 9.86. The molecule has 0 aromatic carbocycles. The van der Waals surface area contributed by atoms with Crippen LogP contribution >= 0.6 is 0 Å². The fraction of sp³-hybridized carbons (Fsp3) is 0.750. The van der Waals surface area contributed by atoms with E-state index in [9.17, 15) is 9.59 Å². The van der Waals surface area contributed by atoms with Crippen LogP contribution in [0.25, 0.3) is 0 Å². The second-order valence-corrected chi connectivity index (χ2v) is 8.22. The van der Waals surface area contributed by atoms with Gasteiger partial charge in [0.15, 0.2) is 0 Å².